The molecule has 0 unspecified atom stereocenters. The molecule has 0 aromatic carbocycles. The van der Waals surface area contributed by atoms with Crippen LogP contribution in [0.5, 0.6) is 0 Å². The first-order valence-corrected chi connectivity index (χ1v) is 12.5. The molecular weight excluding hydrogens is 488 g/mol. The van der Waals surface area contributed by atoms with Gasteiger partial charge < -0.3 is 19.0 Å². The second-order valence-electron chi connectivity index (χ2n) is 8.85. The summed E-state index contributed by atoms with van der Waals surface area (Å²) in [4.78, 5) is 28.0. The minimum atomic E-state index is -0.595. The molecule has 0 spiro atoms. The third kappa shape index (κ3) is 4.98. The van der Waals surface area contributed by atoms with Gasteiger partial charge in [-0.2, -0.15) is 9.78 Å². The molecule has 1 saturated heterocycles. The van der Waals surface area contributed by atoms with E-state index in [0.717, 1.165) is 10.4 Å². The number of nitrogens with one attached hydrogen (secondary N) is 1. The molecule has 0 bridgehead atoms. The summed E-state index contributed by atoms with van der Waals surface area (Å²) < 4.78 is 14.3. The molecule has 1 fully saturated rings. The normalized spacial score (nSPS) is 15.3. The van der Waals surface area contributed by atoms with Crippen LogP contribution in [0.15, 0.2) is 64.3 Å². The maximum Gasteiger partial charge on any atom is 0.260 e. The second-order valence-corrected chi connectivity index (χ2v) is 10.7. The van der Waals surface area contributed by atoms with Gasteiger partial charge in [0.2, 0.25) is 0 Å². The van der Waals surface area contributed by atoms with Gasteiger partial charge in [0.1, 0.15) is 11.5 Å². The highest BCUT2D eigenvalue weighted by molar-refractivity contribution is 7.16. The molecule has 4 aromatic heterocycles. The summed E-state index contributed by atoms with van der Waals surface area (Å²) in [6, 6.07) is 10.9. The Balaban J connectivity index is 1.50. The van der Waals surface area contributed by atoms with Gasteiger partial charge in [-0.1, -0.05) is 18.5 Å². The van der Waals surface area contributed by atoms with Crippen LogP contribution in [0, 0.1) is 5.41 Å². The van der Waals surface area contributed by atoms with Crippen molar-refractivity contribution in [3.63, 3.8) is 0 Å². The highest BCUT2D eigenvalue weighted by atomic mass is 35.5. The molecule has 5 rings (SSSR count). The summed E-state index contributed by atoms with van der Waals surface area (Å²) in [6.07, 6.45) is 6.14. The van der Waals surface area contributed by atoms with Gasteiger partial charge in [0.05, 0.1) is 40.9 Å². The van der Waals surface area contributed by atoms with Gasteiger partial charge in [-0.05, 0) is 43.2 Å². The number of anilines is 1. The fourth-order valence-electron chi connectivity index (χ4n) is 4.14. The van der Waals surface area contributed by atoms with Gasteiger partial charge in [-0.25, -0.2) is 0 Å². The Morgan fingerprint density at radius 1 is 1.26 bits per heavy atom. The maximum atomic E-state index is 13.7. The first-order chi connectivity index (χ1) is 16.9. The largest absolute Gasteiger partial charge is 0.472 e. The number of halogens is 1. The zero-order valence-electron chi connectivity index (χ0n) is 19.2. The molecule has 5 heterocycles. The fraction of sp³-hybridized carbons (Fsp3) is 0.320. The molecule has 182 valence electrons. The lowest BCUT2D eigenvalue weighted by Crippen LogP contribution is -2.38. The van der Waals surface area contributed by atoms with Crippen molar-refractivity contribution < 1.29 is 13.9 Å². The predicted octanol–water partition coefficient (Wildman–Crippen LogP) is 5.14. The number of hydrogen-bond donors (Lipinski definition) is 1. The Labute approximate surface area is 211 Å². The van der Waals surface area contributed by atoms with Crippen molar-refractivity contribution in [1.29, 1.82) is 0 Å². The Kier molecular flexibility index (Phi) is 6.64. The summed E-state index contributed by atoms with van der Waals surface area (Å²) in [5, 5.41) is 7.95. The average Bonchev–Trinajstić information content (AvgIpc) is 3.61. The van der Waals surface area contributed by atoms with Crippen LogP contribution in [0.2, 0.25) is 4.34 Å². The first kappa shape index (κ1) is 23.6. The summed E-state index contributed by atoms with van der Waals surface area (Å²) in [6.45, 7) is 3.87. The number of hydrogen-bond acceptors (Lipinski definition) is 7. The van der Waals surface area contributed by atoms with Gasteiger partial charge in [0.15, 0.2) is 0 Å². The highest BCUT2D eigenvalue weighted by Crippen LogP contribution is 2.34. The van der Waals surface area contributed by atoms with Gasteiger partial charge in [-0.3, -0.25) is 9.59 Å². The summed E-state index contributed by atoms with van der Waals surface area (Å²) in [7, 11) is 0. The van der Waals surface area contributed by atoms with E-state index in [1.807, 2.05) is 25.1 Å². The number of rotatable bonds is 7. The molecule has 1 N–H and O–H groups in total. The van der Waals surface area contributed by atoms with Crippen molar-refractivity contribution in [1.82, 2.24) is 14.3 Å². The van der Waals surface area contributed by atoms with E-state index < -0.39 is 5.41 Å². The minimum Gasteiger partial charge on any atom is -0.472 e. The lowest BCUT2D eigenvalue weighted by Gasteiger charge is -2.31. The summed E-state index contributed by atoms with van der Waals surface area (Å²) in [5.41, 5.74) is 0.950. The van der Waals surface area contributed by atoms with E-state index in [-0.39, 0.29) is 11.5 Å². The number of pyridine rings is 1. The van der Waals surface area contributed by atoms with E-state index in [4.69, 9.17) is 20.8 Å². The van der Waals surface area contributed by atoms with E-state index >= 15 is 0 Å². The second kappa shape index (κ2) is 9.85. The van der Waals surface area contributed by atoms with Crippen LogP contribution in [-0.2, 0) is 17.8 Å². The van der Waals surface area contributed by atoms with Crippen molar-refractivity contribution in [2.75, 3.05) is 18.5 Å². The van der Waals surface area contributed by atoms with Gasteiger partial charge in [0, 0.05) is 35.9 Å². The van der Waals surface area contributed by atoms with E-state index in [0.29, 0.717) is 60.6 Å². The molecular formula is C25H25ClN4O4S. The fourth-order valence-corrected chi connectivity index (χ4v) is 5.17. The Bertz CT molecular complexity index is 1380. The lowest BCUT2D eigenvalue weighted by atomic mass is 9.81. The third-order valence-electron chi connectivity index (χ3n) is 6.32. The Morgan fingerprint density at radius 2 is 2.09 bits per heavy atom. The number of ether oxygens (including phenoxy) is 1. The van der Waals surface area contributed by atoms with Crippen LogP contribution in [0.1, 0.15) is 35.0 Å². The monoisotopic (exact) mass is 512 g/mol. The van der Waals surface area contributed by atoms with Crippen molar-refractivity contribution in [3.05, 3.63) is 80.3 Å². The van der Waals surface area contributed by atoms with Gasteiger partial charge >= 0.3 is 0 Å². The number of nitrogens with zero attached hydrogens (tertiary/aromatic N) is 3. The van der Waals surface area contributed by atoms with E-state index in [1.165, 1.54) is 16.0 Å². The number of thiophene rings is 1. The zero-order valence-corrected chi connectivity index (χ0v) is 20.8. The topological polar surface area (TPSA) is 91.3 Å². The van der Waals surface area contributed by atoms with Crippen LogP contribution < -0.4 is 10.9 Å². The number of carbonyl (C=O) groups excluding carboxylic acids is 1. The van der Waals surface area contributed by atoms with Crippen LogP contribution in [0.4, 0.5) is 5.82 Å². The van der Waals surface area contributed by atoms with Crippen LogP contribution in [0.3, 0.4) is 0 Å². The predicted molar refractivity (Wildman–Crippen MR) is 135 cm³/mol. The van der Waals surface area contributed by atoms with Crippen LogP contribution >= 0.6 is 22.9 Å². The SMILES string of the molecule is CC1(C(=O)n2nc(-c3cccn(Cc4ccoc4)c3=O)cc2NCc2ccc(Cl)s2)CCOCC1. The molecule has 8 nitrogen and oxygen atoms in total. The Morgan fingerprint density at radius 3 is 2.80 bits per heavy atom. The molecule has 35 heavy (non-hydrogen) atoms. The smallest absolute Gasteiger partial charge is 0.260 e. The standard InChI is InChI=1S/C25H25ClN4O4S/c1-25(7-11-33-12-8-25)24(32)30-22(27-14-18-4-5-21(26)35-18)13-20(28-30)19-3-2-9-29(23(19)31)15-17-6-10-34-16-17/h2-6,9-10,13,16,27H,7-8,11-12,14-15H2,1H3. The van der Waals surface area contributed by atoms with E-state index in [2.05, 4.69) is 10.4 Å². The third-order valence-corrected chi connectivity index (χ3v) is 7.55. The molecule has 0 amide bonds. The number of carbonyl (C=O) groups is 1. The van der Waals surface area contributed by atoms with Gasteiger partial charge in [0.25, 0.3) is 11.5 Å². The quantitative estimate of drug-likeness (QED) is 0.369. The van der Waals surface area contributed by atoms with E-state index in [1.54, 1.807) is 41.5 Å². The molecule has 0 radical (unpaired) electrons. The lowest BCUT2D eigenvalue weighted by molar-refractivity contribution is 0.0169. The molecule has 0 atom stereocenters. The number of furan rings is 1. The molecule has 10 heteroatoms. The van der Waals surface area contributed by atoms with Crippen molar-refractivity contribution in [2.24, 2.45) is 5.41 Å². The van der Waals surface area contributed by atoms with Crippen LogP contribution in [-0.4, -0.2) is 33.5 Å². The molecule has 1 aliphatic heterocycles. The molecule has 0 aliphatic carbocycles. The number of aromatic nitrogens is 3. The van der Waals surface area contributed by atoms with E-state index in [9.17, 15) is 9.59 Å². The summed E-state index contributed by atoms with van der Waals surface area (Å²) in [5.74, 6) is 0.417. The first-order valence-electron chi connectivity index (χ1n) is 11.3. The maximum absolute atomic E-state index is 13.7. The van der Waals surface area contributed by atoms with Crippen molar-refractivity contribution in [2.45, 2.75) is 32.9 Å². The highest BCUT2D eigenvalue weighted by Gasteiger charge is 2.38. The van der Waals surface area contributed by atoms with Crippen molar-refractivity contribution >= 4 is 34.7 Å². The van der Waals surface area contributed by atoms with Crippen LogP contribution in [0.25, 0.3) is 11.3 Å². The Hall–Kier alpha value is -3.14. The average molecular weight is 513 g/mol. The molecule has 1 aliphatic rings. The summed E-state index contributed by atoms with van der Waals surface area (Å²) >= 11 is 7.54. The van der Waals surface area contributed by atoms with Crippen molar-refractivity contribution in [3.8, 4) is 11.3 Å². The molecule has 0 saturated carbocycles. The zero-order chi connectivity index (χ0) is 24.4. The van der Waals surface area contributed by atoms with Gasteiger partial charge in [-0.15, -0.1) is 11.3 Å². The minimum absolute atomic E-state index is 0.117. The molecule has 4 aromatic rings.